The van der Waals surface area contributed by atoms with E-state index in [0.717, 1.165) is 32.2 Å². The molecule has 1 aromatic rings. The molecule has 46 heavy (non-hydrogen) atoms. The first-order valence-electron chi connectivity index (χ1n) is 16.0. The number of nitrogens with one attached hydrogen (secondary N) is 4. The van der Waals surface area contributed by atoms with E-state index in [1.54, 1.807) is 20.8 Å². The monoisotopic (exact) mass is 648 g/mol. The van der Waals surface area contributed by atoms with Crippen LogP contribution in [0.2, 0.25) is 0 Å². The molecule has 0 radical (unpaired) electrons. The Morgan fingerprint density at radius 2 is 1.52 bits per heavy atom. The van der Waals surface area contributed by atoms with Crippen LogP contribution in [0, 0.1) is 0 Å². The van der Waals surface area contributed by atoms with Gasteiger partial charge in [-0.05, 0) is 83.9 Å². The van der Waals surface area contributed by atoms with Crippen molar-refractivity contribution < 1.29 is 33.5 Å². The maximum Gasteiger partial charge on any atom is 0.293 e. The topological polar surface area (TPSA) is 160 Å². The SMILES string of the molecule is C/C=C(/CC(C)NC(C)=O)c1ccccc1CC.CC(=O)CCC(C)NC(=O)CNC=O.CC(C)OC=O.CCCCNC(C)=O. The summed E-state index contributed by atoms with van der Waals surface area (Å²) in [6.07, 6.45) is 7.86. The third-order valence-corrected chi connectivity index (χ3v) is 5.98. The highest BCUT2D eigenvalue weighted by molar-refractivity contribution is 5.80. The predicted molar refractivity (Wildman–Crippen MR) is 185 cm³/mol. The summed E-state index contributed by atoms with van der Waals surface area (Å²) in [6.45, 7) is 19.7. The Bertz CT molecular complexity index is 1040. The average molecular weight is 649 g/mol. The van der Waals surface area contributed by atoms with Crippen molar-refractivity contribution in [2.24, 2.45) is 0 Å². The van der Waals surface area contributed by atoms with Gasteiger partial charge in [0.2, 0.25) is 24.1 Å². The molecule has 0 saturated carbocycles. The first-order valence-corrected chi connectivity index (χ1v) is 16.0. The summed E-state index contributed by atoms with van der Waals surface area (Å²) in [5.41, 5.74) is 3.97. The van der Waals surface area contributed by atoms with Gasteiger partial charge >= 0.3 is 0 Å². The van der Waals surface area contributed by atoms with Crippen LogP contribution < -0.4 is 21.3 Å². The summed E-state index contributed by atoms with van der Waals surface area (Å²) in [7, 11) is 0. The molecule has 1 rings (SSSR count). The van der Waals surface area contributed by atoms with E-state index < -0.39 is 0 Å². The summed E-state index contributed by atoms with van der Waals surface area (Å²) in [6, 6.07) is 8.60. The number of benzene rings is 1. The minimum absolute atomic E-state index is 0.0199. The van der Waals surface area contributed by atoms with Gasteiger partial charge in [-0.25, -0.2) is 0 Å². The van der Waals surface area contributed by atoms with Gasteiger partial charge in [-0.3, -0.25) is 24.0 Å². The molecular weight excluding hydrogens is 588 g/mol. The standard InChI is InChI=1S/C16H23NO.C9H16N2O3.C6H13NO.C4H8O2/c1-5-14-9-7-8-10-16(14)15(6-2)11-12(3)17-13(4)18;1-7(3-4-8(2)13)11-9(14)5-10-6-12;1-3-4-5-7-6(2)8;1-4(2)6-3-5/h6-10,12H,5,11H2,1-4H3,(H,17,18);6-7H,3-5H2,1-2H3,(H,10,12)(H,11,14);3-5H2,1-2H3,(H,7,8);3-4H,1-2H3/b15-6-;;;. The molecule has 0 heterocycles. The number of Topliss-reactive ketones (excluding diaryl/α,β-unsaturated/α-hetero) is 1. The van der Waals surface area contributed by atoms with E-state index in [-0.39, 0.29) is 48.2 Å². The number of rotatable bonds is 17. The zero-order valence-electron chi connectivity index (χ0n) is 29.8. The number of hydrogen-bond acceptors (Lipinski definition) is 7. The molecule has 0 spiro atoms. The fourth-order valence-corrected chi connectivity index (χ4v) is 3.76. The van der Waals surface area contributed by atoms with E-state index in [1.165, 1.54) is 30.5 Å². The van der Waals surface area contributed by atoms with E-state index in [4.69, 9.17) is 0 Å². The number of amides is 4. The van der Waals surface area contributed by atoms with Crippen molar-refractivity contribution >= 4 is 42.0 Å². The van der Waals surface area contributed by atoms with Crippen molar-refractivity contribution in [3.05, 3.63) is 41.5 Å². The Kier molecular flexibility index (Phi) is 31.3. The van der Waals surface area contributed by atoms with Crippen molar-refractivity contribution in [1.82, 2.24) is 21.3 Å². The van der Waals surface area contributed by atoms with E-state index >= 15 is 0 Å². The molecular formula is C35H60N4O7. The average Bonchev–Trinajstić information content (AvgIpc) is 2.98. The third-order valence-electron chi connectivity index (χ3n) is 5.98. The van der Waals surface area contributed by atoms with Gasteiger partial charge in [0.1, 0.15) is 5.78 Å². The zero-order valence-corrected chi connectivity index (χ0v) is 29.8. The number of aryl methyl sites for hydroxylation is 1. The summed E-state index contributed by atoms with van der Waals surface area (Å²) in [5, 5.41) is 10.6. The lowest BCUT2D eigenvalue weighted by molar-refractivity contribution is -0.132. The molecule has 0 fully saturated rings. The maximum absolute atomic E-state index is 11.1. The van der Waals surface area contributed by atoms with E-state index in [2.05, 4.69) is 77.1 Å². The highest BCUT2D eigenvalue weighted by atomic mass is 16.5. The number of hydrogen-bond donors (Lipinski definition) is 4. The molecule has 2 atom stereocenters. The molecule has 11 nitrogen and oxygen atoms in total. The van der Waals surface area contributed by atoms with Crippen LogP contribution in [0.1, 0.15) is 112 Å². The van der Waals surface area contributed by atoms with Gasteiger partial charge in [0, 0.05) is 38.9 Å². The molecule has 0 aliphatic carbocycles. The molecule has 0 saturated heterocycles. The van der Waals surface area contributed by atoms with Crippen LogP contribution in [0.25, 0.3) is 5.57 Å². The second-order valence-electron chi connectivity index (χ2n) is 11.0. The summed E-state index contributed by atoms with van der Waals surface area (Å²) in [5.74, 6) is -0.0366. The molecule has 0 bridgehead atoms. The second-order valence-corrected chi connectivity index (χ2v) is 11.0. The van der Waals surface area contributed by atoms with Gasteiger partial charge in [0.05, 0.1) is 12.6 Å². The lowest BCUT2D eigenvalue weighted by Gasteiger charge is -2.17. The molecule has 0 aliphatic rings. The number of carbonyl (C=O) groups is 6. The molecule has 262 valence electrons. The molecule has 2 unspecified atom stereocenters. The first-order chi connectivity index (χ1) is 21.7. The summed E-state index contributed by atoms with van der Waals surface area (Å²) >= 11 is 0. The van der Waals surface area contributed by atoms with Crippen LogP contribution in [-0.4, -0.2) is 67.7 Å². The Labute approximate surface area is 277 Å². The number of allylic oxidation sites excluding steroid dienone is 1. The van der Waals surface area contributed by atoms with Gasteiger partial charge in [-0.15, -0.1) is 0 Å². The maximum atomic E-state index is 11.1. The van der Waals surface area contributed by atoms with Crippen molar-refractivity contribution in [2.45, 2.75) is 126 Å². The van der Waals surface area contributed by atoms with Crippen LogP contribution >= 0.6 is 0 Å². The fraction of sp³-hybridized carbons (Fsp3) is 0.600. The number of ether oxygens (including phenoxy) is 1. The normalized spacial score (nSPS) is 11.3. The molecule has 0 aromatic heterocycles. The Morgan fingerprint density at radius 3 is 1.96 bits per heavy atom. The van der Waals surface area contributed by atoms with Gasteiger partial charge in [-0.2, -0.15) is 0 Å². The lowest BCUT2D eigenvalue weighted by Crippen LogP contribution is -2.38. The molecule has 0 aliphatic heterocycles. The number of unbranched alkanes of at least 4 members (excludes halogenated alkanes) is 1. The van der Waals surface area contributed by atoms with Gasteiger partial charge in [0.15, 0.2) is 0 Å². The lowest BCUT2D eigenvalue weighted by atomic mass is 9.93. The van der Waals surface area contributed by atoms with E-state index in [0.29, 0.717) is 25.7 Å². The van der Waals surface area contributed by atoms with E-state index in [9.17, 15) is 28.8 Å². The first kappa shape index (κ1) is 46.4. The largest absolute Gasteiger partial charge is 0.465 e. The fourth-order valence-electron chi connectivity index (χ4n) is 3.76. The third kappa shape index (κ3) is 31.4. The van der Waals surface area contributed by atoms with Crippen molar-refractivity contribution in [2.75, 3.05) is 13.1 Å². The Balaban J connectivity index is -0.000000584. The van der Waals surface area contributed by atoms with Crippen LogP contribution in [0.4, 0.5) is 0 Å². The molecule has 4 N–H and O–H groups in total. The van der Waals surface area contributed by atoms with Crippen molar-refractivity contribution in [3.8, 4) is 0 Å². The Hall–Kier alpha value is -4.02. The smallest absolute Gasteiger partial charge is 0.293 e. The van der Waals surface area contributed by atoms with Gasteiger partial charge < -0.3 is 30.8 Å². The molecule has 11 heteroatoms. The van der Waals surface area contributed by atoms with Crippen LogP contribution in [0.3, 0.4) is 0 Å². The van der Waals surface area contributed by atoms with Gasteiger partial charge in [0.25, 0.3) is 6.47 Å². The second kappa shape index (κ2) is 31.0. The number of carbonyl (C=O) groups excluding carboxylic acids is 6. The van der Waals surface area contributed by atoms with Crippen molar-refractivity contribution in [3.63, 3.8) is 0 Å². The van der Waals surface area contributed by atoms with Crippen LogP contribution in [-0.2, 0) is 39.9 Å². The quantitative estimate of drug-likeness (QED) is 0.141. The predicted octanol–water partition coefficient (Wildman–Crippen LogP) is 4.66. The Morgan fingerprint density at radius 1 is 0.891 bits per heavy atom. The summed E-state index contributed by atoms with van der Waals surface area (Å²) in [4.78, 5) is 62.2. The zero-order chi connectivity index (χ0) is 35.9. The summed E-state index contributed by atoms with van der Waals surface area (Å²) < 4.78 is 4.36. The highest BCUT2D eigenvalue weighted by Crippen LogP contribution is 2.24. The van der Waals surface area contributed by atoms with Gasteiger partial charge in [-0.1, -0.05) is 50.6 Å². The van der Waals surface area contributed by atoms with Crippen molar-refractivity contribution in [1.29, 1.82) is 0 Å². The van der Waals surface area contributed by atoms with E-state index in [1.807, 2.05) is 13.8 Å². The highest BCUT2D eigenvalue weighted by Gasteiger charge is 2.11. The molecule has 4 amide bonds. The minimum Gasteiger partial charge on any atom is -0.465 e. The minimum atomic E-state index is -0.242. The number of ketones is 1. The molecule has 1 aromatic carbocycles. The van der Waals surface area contributed by atoms with Crippen LogP contribution in [0.15, 0.2) is 30.3 Å². The van der Waals surface area contributed by atoms with Crippen LogP contribution in [0.5, 0.6) is 0 Å².